The van der Waals surface area contributed by atoms with Crippen molar-refractivity contribution in [2.24, 2.45) is 0 Å². The summed E-state index contributed by atoms with van der Waals surface area (Å²) in [6, 6.07) is 18.1. The molecule has 0 saturated carbocycles. The molecule has 0 aromatic heterocycles. The first kappa shape index (κ1) is 23.3. The summed E-state index contributed by atoms with van der Waals surface area (Å²) in [4.78, 5) is 11.3. The number of hydrogen-bond acceptors (Lipinski definition) is 6. The van der Waals surface area contributed by atoms with Crippen LogP contribution in [0.5, 0.6) is 11.5 Å². The molecule has 0 saturated heterocycles. The minimum atomic E-state index is -3.95. The number of carboxylic acid groups (broad SMARTS) is 1. The summed E-state index contributed by atoms with van der Waals surface area (Å²) in [6.45, 7) is 0.516. The summed E-state index contributed by atoms with van der Waals surface area (Å²) in [7, 11) is -0.869. The third-order valence-electron chi connectivity index (χ3n) is 4.72. The van der Waals surface area contributed by atoms with Crippen molar-refractivity contribution in [3.8, 4) is 22.6 Å². The molecule has 0 aliphatic rings. The molecule has 3 aromatic carbocycles. The van der Waals surface area contributed by atoms with Gasteiger partial charge in [-0.25, -0.2) is 8.42 Å². The molecule has 32 heavy (non-hydrogen) atoms. The second-order valence-electron chi connectivity index (χ2n) is 6.96. The maximum absolute atomic E-state index is 13.4. The van der Waals surface area contributed by atoms with Crippen molar-refractivity contribution in [1.82, 2.24) is 0 Å². The Morgan fingerprint density at radius 1 is 0.906 bits per heavy atom. The quantitative estimate of drug-likeness (QED) is 0.463. The van der Waals surface area contributed by atoms with E-state index in [1.54, 1.807) is 31.4 Å². The number of carboxylic acids is 1. The van der Waals surface area contributed by atoms with E-state index in [0.717, 1.165) is 5.56 Å². The Morgan fingerprint density at radius 3 is 2.41 bits per heavy atom. The maximum atomic E-state index is 13.4. The molecule has 0 atom stereocenters. The Balaban J connectivity index is 2.05. The van der Waals surface area contributed by atoms with Crippen LogP contribution in [0.4, 0.5) is 0 Å². The first-order chi connectivity index (χ1) is 15.3. The molecule has 168 valence electrons. The molecule has 3 aromatic rings. The number of rotatable bonds is 10. The lowest BCUT2D eigenvalue weighted by Gasteiger charge is -2.13. The lowest BCUT2D eigenvalue weighted by molar-refractivity contribution is -0.136. The molecule has 0 aliphatic heterocycles. The lowest BCUT2D eigenvalue weighted by atomic mass is 10.1. The fourth-order valence-corrected chi connectivity index (χ4v) is 4.63. The Kier molecular flexibility index (Phi) is 7.50. The van der Waals surface area contributed by atoms with Crippen LogP contribution in [0.25, 0.3) is 11.1 Å². The Labute approximate surface area is 187 Å². The molecule has 7 nitrogen and oxygen atoms in total. The minimum absolute atomic E-state index is 0.0409. The first-order valence-corrected chi connectivity index (χ1v) is 11.3. The number of benzene rings is 3. The van der Waals surface area contributed by atoms with Crippen LogP contribution in [-0.4, -0.2) is 46.9 Å². The Bertz CT molecular complexity index is 1200. The van der Waals surface area contributed by atoms with E-state index in [1.807, 2.05) is 18.2 Å². The zero-order valence-electron chi connectivity index (χ0n) is 17.8. The molecular formula is C24H24O7S. The van der Waals surface area contributed by atoms with Gasteiger partial charge in [0, 0.05) is 12.7 Å². The zero-order chi connectivity index (χ0) is 23.1. The number of para-hydroxylation sites is 1. The summed E-state index contributed by atoms with van der Waals surface area (Å²) in [5.74, 6) is -0.180. The van der Waals surface area contributed by atoms with E-state index in [-0.39, 0.29) is 28.6 Å². The van der Waals surface area contributed by atoms with Crippen molar-refractivity contribution in [2.45, 2.75) is 16.2 Å². The van der Waals surface area contributed by atoms with Gasteiger partial charge in [0.25, 0.3) is 0 Å². The van der Waals surface area contributed by atoms with Gasteiger partial charge in [-0.3, -0.25) is 4.79 Å². The third-order valence-corrected chi connectivity index (χ3v) is 6.45. The summed E-state index contributed by atoms with van der Waals surface area (Å²) < 4.78 is 42.8. The highest BCUT2D eigenvalue weighted by molar-refractivity contribution is 7.91. The predicted octanol–water partition coefficient (Wildman–Crippen LogP) is 3.85. The van der Waals surface area contributed by atoms with Crippen LogP contribution in [0.3, 0.4) is 0 Å². The number of methoxy groups -OCH3 is 2. The molecule has 0 heterocycles. The second-order valence-corrected chi connectivity index (χ2v) is 8.91. The fraction of sp³-hybridized carbons (Fsp3) is 0.208. The van der Waals surface area contributed by atoms with Gasteiger partial charge >= 0.3 is 5.97 Å². The number of aliphatic carboxylic acids is 1. The SMILES string of the molecule is COCCOc1cc(CC(=O)O)cc(S(=O)(=O)c2cccc(-c3ccccc3OC)c2)c1. The Hall–Kier alpha value is -3.36. The average Bonchev–Trinajstić information content (AvgIpc) is 2.78. The number of hydrogen-bond donors (Lipinski definition) is 1. The maximum Gasteiger partial charge on any atom is 0.307 e. The normalized spacial score (nSPS) is 11.2. The highest BCUT2D eigenvalue weighted by Crippen LogP contribution is 2.33. The van der Waals surface area contributed by atoms with Gasteiger partial charge < -0.3 is 19.3 Å². The number of ether oxygens (including phenoxy) is 3. The Morgan fingerprint density at radius 2 is 1.69 bits per heavy atom. The van der Waals surface area contributed by atoms with Gasteiger partial charge in [-0.1, -0.05) is 30.3 Å². The third kappa shape index (κ3) is 5.46. The van der Waals surface area contributed by atoms with Crippen LogP contribution >= 0.6 is 0 Å². The van der Waals surface area contributed by atoms with E-state index >= 15 is 0 Å². The van der Waals surface area contributed by atoms with Gasteiger partial charge in [-0.05, 0) is 47.5 Å². The van der Waals surface area contributed by atoms with Crippen LogP contribution in [0.1, 0.15) is 5.56 Å². The monoisotopic (exact) mass is 456 g/mol. The van der Waals surface area contributed by atoms with Gasteiger partial charge in [0.15, 0.2) is 0 Å². The van der Waals surface area contributed by atoms with Gasteiger partial charge in [0.2, 0.25) is 9.84 Å². The molecule has 0 amide bonds. The van der Waals surface area contributed by atoms with E-state index in [2.05, 4.69) is 0 Å². The van der Waals surface area contributed by atoms with Crippen molar-refractivity contribution in [3.05, 3.63) is 72.3 Å². The van der Waals surface area contributed by atoms with Gasteiger partial charge in [0.1, 0.15) is 18.1 Å². The van der Waals surface area contributed by atoms with Gasteiger partial charge in [0.05, 0.1) is 29.9 Å². The topological polar surface area (TPSA) is 99.1 Å². The number of sulfone groups is 1. The first-order valence-electron chi connectivity index (χ1n) is 9.81. The molecule has 0 bridgehead atoms. The molecule has 3 rings (SSSR count). The summed E-state index contributed by atoms with van der Waals surface area (Å²) in [6.07, 6.45) is -0.328. The lowest BCUT2D eigenvalue weighted by Crippen LogP contribution is -2.08. The van der Waals surface area contributed by atoms with E-state index < -0.39 is 15.8 Å². The smallest absolute Gasteiger partial charge is 0.307 e. The minimum Gasteiger partial charge on any atom is -0.496 e. The predicted molar refractivity (Wildman–Crippen MR) is 119 cm³/mol. The van der Waals surface area contributed by atoms with E-state index in [1.165, 1.54) is 31.4 Å². The van der Waals surface area contributed by atoms with E-state index in [0.29, 0.717) is 23.5 Å². The molecule has 1 N–H and O–H groups in total. The molecule has 0 fully saturated rings. The van der Waals surface area contributed by atoms with Crippen molar-refractivity contribution in [1.29, 1.82) is 0 Å². The molecule has 0 radical (unpaired) electrons. The standard InChI is InChI=1S/C24H24O7S/c1-29-10-11-31-19-12-17(14-24(25)26)13-21(16-19)32(27,28)20-7-5-6-18(15-20)22-8-3-4-9-23(22)30-2/h3-9,12-13,15-16H,10-11,14H2,1-2H3,(H,25,26). The van der Waals surface area contributed by atoms with Crippen molar-refractivity contribution in [2.75, 3.05) is 27.4 Å². The van der Waals surface area contributed by atoms with Crippen molar-refractivity contribution in [3.63, 3.8) is 0 Å². The van der Waals surface area contributed by atoms with Crippen LogP contribution in [0, 0.1) is 0 Å². The fourth-order valence-electron chi connectivity index (χ4n) is 3.24. The highest BCUT2D eigenvalue weighted by Gasteiger charge is 2.21. The van der Waals surface area contributed by atoms with Gasteiger partial charge in [-0.2, -0.15) is 0 Å². The molecule has 8 heteroatoms. The van der Waals surface area contributed by atoms with Crippen LogP contribution in [0.15, 0.2) is 76.5 Å². The van der Waals surface area contributed by atoms with Crippen molar-refractivity contribution >= 4 is 15.8 Å². The van der Waals surface area contributed by atoms with E-state index in [9.17, 15) is 18.3 Å². The molecule has 0 aliphatic carbocycles. The molecule has 0 spiro atoms. The van der Waals surface area contributed by atoms with Crippen LogP contribution < -0.4 is 9.47 Å². The van der Waals surface area contributed by atoms with Crippen LogP contribution in [-0.2, 0) is 25.8 Å². The van der Waals surface area contributed by atoms with Crippen molar-refractivity contribution < 1.29 is 32.5 Å². The summed E-state index contributed by atoms with van der Waals surface area (Å²) >= 11 is 0. The summed E-state index contributed by atoms with van der Waals surface area (Å²) in [5, 5.41) is 9.17. The summed E-state index contributed by atoms with van der Waals surface area (Å²) in [5.41, 5.74) is 1.77. The largest absolute Gasteiger partial charge is 0.496 e. The average molecular weight is 457 g/mol. The highest BCUT2D eigenvalue weighted by atomic mass is 32.2. The van der Waals surface area contributed by atoms with Crippen LogP contribution in [0.2, 0.25) is 0 Å². The molecule has 0 unspecified atom stereocenters. The van der Waals surface area contributed by atoms with E-state index in [4.69, 9.17) is 14.2 Å². The second kappa shape index (κ2) is 10.3. The molecular weight excluding hydrogens is 432 g/mol. The van der Waals surface area contributed by atoms with Gasteiger partial charge in [-0.15, -0.1) is 0 Å². The zero-order valence-corrected chi connectivity index (χ0v) is 18.6. The number of carbonyl (C=O) groups is 1.